The third kappa shape index (κ3) is 3.94. The lowest BCUT2D eigenvalue weighted by molar-refractivity contribution is -0.109. The van der Waals surface area contributed by atoms with Gasteiger partial charge in [-0.25, -0.2) is 4.98 Å². The van der Waals surface area contributed by atoms with Crippen LogP contribution in [0.25, 0.3) is 17.3 Å². The largest absolute Gasteiger partial charge is 0.378 e. The molecule has 0 radical (unpaired) electrons. The van der Waals surface area contributed by atoms with Crippen molar-refractivity contribution in [2.75, 3.05) is 36.5 Å². The zero-order valence-corrected chi connectivity index (χ0v) is 17.9. The van der Waals surface area contributed by atoms with Crippen LogP contribution in [0.3, 0.4) is 0 Å². The molecule has 32 heavy (non-hydrogen) atoms. The van der Waals surface area contributed by atoms with Crippen LogP contribution >= 0.6 is 0 Å². The van der Waals surface area contributed by atoms with Crippen LogP contribution in [0.2, 0.25) is 0 Å². The predicted octanol–water partition coefficient (Wildman–Crippen LogP) is 3.85. The summed E-state index contributed by atoms with van der Waals surface area (Å²) in [5.74, 6) is 0.661. The molecule has 1 unspecified atom stereocenters. The maximum absolute atomic E-state index is 11.8. The molecule has 0 bridgehead atoms. The van der Waals surface area contributed by atoms with Gasteiger partial charge in [0.2, 0.25) is 0 Å². The van der Waals surface area contributed by atoms with Gasteiger partial charge in [-0.15, -0.1) is 0 Å². The molecule has 2 aliphatic rings. The summed E-state index contributed by atoms with van der Waals surface area (Å²) < 4.78 is 5.45. The van der Waals surface area contributed by atoms with Gasteiger partial charge >= 0.3 is 0 Å². The average molecular weight is 428 g/mol. The van der Waals surface area contributed by atoms with Crippen molar-refractivity contribution in [2.45, 2.75) is 13.0 Å². The maximum atomic E-state index is 11.8. The third-order valence-corrected chi connectivity index (χ3v) is 5.90. The monoisotopic (exact) mass is 427 g/mol. The molecule has 1 atom stereocenters. The highest BCUT2D eigenvalue weighted by molar-refractivity contribution is 5.80. The van der Waals surface area contributed by atoms with E-state index < -0.39 is 6.04 Å². The minimum atomic E-state index is -0.457. The summed E-state index contributed by atoms with van der Waals surface area (Å²) in [6, 6.07) is 11.8. The van der Waals surface area contributed by atoms with E-state index in [4.69, 9.17) is 9.72 Å². The molecule has 1 fully saturated rings. The van der Waals surface area contributed by atoms with E-state index in [-0.39, 0.29) is 0 Å². The van der Waals surface area contributed by atoms with Gasteiger partial charge in [0.15, 0.2) is 0 Å². The second-order valence-corrected chi connectivity index (χ2v) is 7.93. The van der Waals surface area contributed by atoms with Crippen LogP contribution < -0.4 is 15.5 Å². The molecule has 3 aromatic rings. The number of aryl methyl sites for hydroxylation is 1. The van der Waals surface area contributed by atoms with E-state index in [1.165, 1.54) is 5.69 Å². The molecule has 2 N–H and O–H groups in total. The van der Waals surface area contributed by atoms with E-state index >= 15 is 0 Å². The van der Waals surface area contributed by atoms with Crippen LogP contribution in [0.4, 0.5) is 17.2 Å². The minimum absolute atomic E-state index is 0.457. The van der Waals surface area contributed by atoms with E-state index in [0.29, 0.717) is 5.82 Å². The summed E-state index contributed by atoms with van der Waals surface area (Å²) in [4.78, 5) is 23.3. The number of carbonyl (C=O) groups is 1. The fraction of sp³-hybridized carbons (Fsp3) is 0.240. The maximum Gasteiger partial charge on any atom is 0.146 e. The first-order valence-electron chi connectivity index (χ1n) is 10.8. The molecule has 2 aliphatic heterocycles. The van der Waals surface area contributed by atoms with Crippen LogP contribution in [-0.4, -0.2) is 42.6 Å². The van der Waals surface area contributed by atoms with Crippen molar-refractivity contribution in [1.29, 1.82) is 0 Å². The fourth-order valence-corrected chi connectivity index (χ4v) is 4.15. The van der Waals surface area contributed by atoms with Crippen molar-refractivity contribution < 1.29 is 9.53 Å². The first kappa shape index (κ1) is 20.2. The van der Waals surface area contributed by atoms with Gasteiger partial charge in [-0.2, -0.15) is 0 Å². The highest BCUT2D eigenvalue weighted by atomic mass is 16.5. The zero-order chi connectivity index (χ0) is 21.9. The van der Waals surface area contributed by atoms with Crippen molar-refractivity contribution in [3.05, 3.63) is 71.7 Å². The Kier molecular flexibility index (Phi) is 5.56. The molecular weight excluding hydrogens is 402 g/mol. The molecule has 7 heteroatoms. The second-order valence-electron chi connectivity index (χ2n) is 7.93. The number of benzene rings is 1. The summed E-state index contributed by atoms with van der Waals surface area (Å²) in [6.45, 7) is 5.34. The molecule has 0 saturated carbocycles. The Labute approximate surface area is 187 Å². The number of nitrogens with zero attached hydrogens (tertiary/aromatic N) is 3. The normalized spacial score (nSPS) is 17.4. The smallest absolute Gasteiger partial charge is 0.146 e. The molecule has 0 spiro atoms. The number of hydrogen-bond acceptors (Lipinski definition) is 7. The van der Waals surface area contributed by atoms with Gasteiger partial charge in [0.25, 0.3) is 0 Å². The quantitative estimate of drug-likeness (QED) is 0.599. The summed E-state index contributed by atoms with van der Waals surface area (Å²) >= 11 is 0. The predicted molar refractivity (Wildman–Crippen MR) is 126 cm³/mol. The Balaban J connectivity index is 1.52. The Morgan fingerprint density at radius 3 is 2.75 bits per heavy atom. The summed E-state index contributed by atoms with van der Waals surface area (Å²) in [6.07, 6.45) is 8.29. The van der Waals surface area contributed by atoms with Crippen molar-refractivity contribution in [2.24, 2.45) is 0 Å². The number of pyridine rings is 2. The SMILES string of the molecule is Cc1ccncc1-c1cc2c(c(Nc3ccc(N4CCOCC4)cc3)n1)C(C=O)NC=C2. The molecule has 1 aromatic carbocycles. The van der Waals surface area contributed by atoms with Crippen molar-refractivity contribution in [1.82, 2.24) is 15.3 Å². The number of carbonyl (C=O) groups excluding carboxylic acids is 1. The molecule has 4 heterocycles. The first-order valence-corrected chi connectivity index (χ1v) is 10.8. The first-order chi connectivity index (χ1) is 15.7. The number of rotatable bonds is 5. The number of hydrogen-bond donors (Lipinski definition) is 2. The zero-order valence-electron chi connectivity index (χ0n) is 17.9. The van der Waals surface area contributed by atoms with E-state index in [9.17, 15) is 4.79 Å². The molecular formula is C25H25N5O2. The van der Waals surface area contributed by atoms with Crippen molar-refractivity contribution >= 4 is 29.6 Å². The second kappa shape index (κ2) is 8.80. The molecule has 162 valence electrons. The van der Waals surface area contributed by atoms with E-state index in [2.05, 4.69) is 32.7 Å². The number of ether oxygens (including phenoxy) is 1. The molecule has 2 aromatic heterocycles. The topological polar surface area (TPSA) is 79.4 Å². The Hall–Kier alpha value is -3.71. The fourth-order valence-electron chi connectivity index (χ4n) is 4.15. The van der Waals surface area contributed by atoms with Gasteiger partial charge < -0.3 is 25.1 Å². The van der Waals surface area contributed by atoms with Crippen LogP contribution in [0, 0.1) is 6.92 Å². The molecule has 5 rings (SSSR count). The Morgan fingerprint density at radius 1 is 1.19 bits per heavy atom. The molecule has 0 aliphatic carbocycles. The molecule has 1 saturated heterocycles. The minimum Gasteiger partial charge on any atom is -0.378 e. The van der Waals surface area contributed by atoms with Gasteiger partial charge in [-0.05, 0) is 66.7 Å². The molecule has 0 amide bonds. The number of anilines is 3. The summed E-state index contributed by atoms with van der Waals surface area (Å²) in [7, 11) is 0. The van der Waals surface area contributed by atoms with Crippen LogP contribution in [0.1, 0.15) is 22.7 Å². The van der Waals surface area contributed by atoms with Crippen LogP contribution in [0.15, 0.2) is 55.0 Å². The van der Waals surface area contributed by atoms with Crippen molar-refractivity contribution in [3.8, 4) is 11.3 Å². The standard InChI is InChI=1S/C25H25N5O2/c1-17-6-8-26-15-21(17)22-14-18-7-9-27-23(16-31)24(18)25(29-22)28-19-2-4-20(5-3-19)30-10-12-32-13-11-30/h2-9,14-16,23,27H,10-13H2,1H3,(H,28,29). The van der Waals surface area contributed by atoms with Crippen LogP contribution in [-0.2, 0) is 9.53 Å². The highest BCUT2D eigenvalue weighted by Gasteiger charge is 2.23. The average Bonchev–Trinajstić information content (AvgIpc) is 2.85. The number of morpholine rings is 1. The van der Waals surface area contributed by atoms with Crippen LogP contribution in [0.5, 0.6) is 0 Å². The highest BCUT2D eigenvalue weighted by Crippen LogP contribution is 2.34. The Bertz CT molecular complexity index is 1150. The molecule has 7 nitrogen and oxygen atoms in total. The van der Waals surface area contributed by atoms with Gasteiger partial charge in [0, 0.05) is 48.0 Å². The lowest BCUT2D eigenvalue weighted by Crippen LogP contribution is -2.36. The lowest BCUT2D eigenvalue weighted by Gasteiger charge is -2.29. The number of fused-ring (bicyclic) bond motifs is 1. The van der Waals surface area contributed by atoms with Crippen molar-refractivity contribution in [3.63, 3.8) is 0 Å². The number of nitrogens with one attached hydrogen (secondary N) is 2. The van der Waals surface area contributed by atoms with E-state index in [1.807, 2.05) is 49.7 Å². The number of aromatic nitrogens is 2. The number of aldehydes is 1. The van der Waals surface area contributed by atoms with Gasteiger partial charge in [-0.3, -0.25) is 4.98 Å². The lowest BCUT2D eigenvalue weighted by atomic mass is 9.96. The third-order valence-electron chi connectivity index (χ3n) is 5.90. The van der Waals surface area contributed by atoms with Gasteiger partial charge in [0.05, 0.1) is 18.9 Å². The van der Waals surface area contributed by atoms with Gasteiger partial charge in [0.1, 0.15) is 18.1 Å². The van der Waals surface area contributed by atoms with E-state index in [0.717, 1.165) is 66.2 Å². The Morgan fingerprint density at radius 2 is 2.00 bits per heavy atom. The van der Waals surface area contributed by atoms with Gasteiger partial charge in [-0.1, -0.05) is 0 Å². The summed E-state index contributed by atoms with van der Waals surface area (Å²) in [5.41, 5.74) is 6.76. The van der Waals surface area contributed by atoms with E-state index in [1.54, 1.807) is 6.20 Å². The summed E-state index contributed by atoms with van der Waals surface area (Å²) in [5, 5.41) is 6.56.